The number of nitrogens with zero attached hydrogens (tertiary/aromatic N) is 1. The lowest BCUT2D eigenvalue weighted by Crippen LogP contribution is -2.05. The maximum Gasteiger partial charge on any atom is 0.233 e. The molecule has 0 aliphatic rings. The highest BCUT2D eigenvalue weighted by Gasteiger charge is 2.28. The lowest BCUT2D eigenvalue weighted by atomic mass is 10.0. The van der Waals surface area contributed by atoms with E-state index in [2.05, 4.69) is 4.98 Å². The SMILES string of the molecule is Fc1ccc2c(c1)c(C(Cl)(Cl)Cl)nc1ccccc12. The molecule has 0 N–H and O–H groups in total. The van der Waals surface area contributed by atoms with E-state index < -0.39 is 3.79 Å². The van der Waals surface area contributed by atoms with Crippen LogP contribution >= 0.6 is 34.8 Å². The summed E-state index contributed by atoms with van der Waals surface area (Å²) >= 11 is 17.8. The van der Waals surface area contributed by atoms with Crippen LogP contribution in [0, 0.1) is 5.82 Å². The second-order valence-corrected chi connectivity index (χ2v) is 6.45. The Morgan fingerprint density at radius 2 is 1.63 bits per heavy atom. The third kappa shape index (κ3) is 2.25. The number of alkyl halides is 3. The van der Waals surface area contributed by atoms with Gasteiger partial charge in [-0.25, -0.2) is 9.37 Å². The maximum atomic E-state index is 13.4. The highest BCUT2D eigenvalue weighted by Crippen LogP contribution is 2.42. The predicted molar refractivity (Wildman–Crippen MR) is 78.4 cm³/mol. The molecule has 0 atom stereocenters. The highest BCUT2D eigenvalue weighted by molar-refractivity contribution is 6.67. The molecule has 96 valence electrons. The zero-order valence-electron chi connectivity index (χ0n) is 9.50. The van der Waals surface area contributed by atoms with E-state index in [1.165, 1.54) is 12.1 Å². The monoisotopic (exact) mass is 313 g/mol. The third-order valence-corrected chi connectivity index (χ3v) is 3.47. The molecule has 0 aliphatic heterocycles. The smallest absolute Gasteiger partial charge is 0.233 e. The van der Waals surface area contributed by atoms with Gasteiger partial charge >= 0.3 is 0 Å². The van der Waals surface area contributed by atoms with Crippen LogP contribution in [0.5, 0.6) is 0 Å². The number of halogens is 4. The maximum absolute atomic E-state index is 13.4. The predicted octanol–water partition coefficient (Wildman–Crippen LogP) is 5.35. The Hall–Kier alpha value is -1.09. The van der Waals surface area contributed by atoms with Gasteiger partial charge in [0.1, 0.15) is 11.5 Å². The van der Waals surface area contributed by atoms with Crippen LogP contribution in [0.3, 0.4) is 0 Å². The summed E-state index contributed by atoms with van der Waals surface area (Å²) in [7, 11) is 0. The van der Waals surface area contributed by atoms with Crippen LogP contribution in [0.1, 0.15) is 5.69 Å². The molecule has 0 saturated carbocycles. The van der Waals surface area contributed by atoms with Crippen LogP contribution in [0.2, 0.25) is 0 Å². The van der Waals surface area contributed by atoms with Crippen molar-refractivity contribution in [2.24, 2.45) is 0 Å². The standard InChI is InChI=1S/C14H7Cl3FN/c15-14(16,17)13-11-7-8(18)5-6-9(11)10-3-1-2-4-12(10)19-13/h1-7H. The molecule has 0 amide bonds. The van der Waals surface area contributed by atoms with Crippen molar-refractivity contribution in [1.29, 1.82) is 0 Å². The van der Waals surface area contributed by atoms with Crippen LogP contribution in [0.4, 0.5) is 4.39 Å². The molecule has 0 saturated heterocycles. The van der Waals surface area contributed by atoms with E-state index in [4.69, 9.17) is 34.8 Å². The molecular formula is C14H7Cl3FN. The minimum Gasteiger partial charge on any atom is -0.248 e. The Bertz CT molecular complexity index is 781. The van der Waals surface area contributed by atoms with Crippen molar-refractivity contribution in [3.63, 3.8) is 0 Å². The zero-order valence-corrected chi connectivity index (χ0v) is 11.8. The topological polar surface area (TPSA) is 12.9 Å². The summed E-state index contributed by atoms with van der Waals surface area (Å²) in [6.45, 7) is 0. The highest BCUT2D eigenvalue weighted by atomic mass is 35.6. The summed E-state index contributed by atoms with van der Waals surface area (Å²) in [6.07, 6.45) is 0. The van der Waals surface area contributed by atoms with Gasteiger partial charge in [0.15, 0.2) is 0 Å². The second kappa shape index (κ2) is 4.48. The summed E-state index contributed by atoms with van der Waals surface area (Å²) in [6, 6.07) is 11.9. The molecule has 3 rings (SSSR count). The lowest BCUT2D eigenvalue weighted by molar-refractivity contribution is 0.629. The van der Waals surface area contributed by atoms with Crippen LogP contribution in [-0.4, -0.2) is 4.98 Å². The number of rotatable bonds is 0. The van der Waals surface area contributed by atoms with Crippen LogP contribution in [0.25, 0.3) is 21.7 Å². The summed E-state index contributed by atoms with van der Waals surface area (Å²) in [5, 5.41) is 2.22. The Morgan fingerprint density at radius 3 is 2.37 bits per heavy atom. The number of aromatic nitrogens is 1. The van der Waals surface area contributed by atoms with Gasteiger partial charge in [0.05, 0.1) is 5.52 Å². The Kier molecular flexibility index (Phi) is 3.05. The zero-order chi connectivity index (χ0) is 13.6. The molecule has 0 bridgehead atoms. The van der Waals surface area contributed by atoms with Crippen LogP contribution in [-0.2, 0) is 3.79 Å². The van der Waals surface area contributed by atoms with E-state index >= 15 is 0 Å². The molecule has 2 aromatic carbocycles. The first-order valence-electron chi connectivity index (χ1n) is 5.52. The largest absolute Gasteiger partial charge is 0.248 e. The minimum absolute atomic E-state index is 0.241. The molecule has 5 heteroatoms. The van der Waals surface area contributed by atoms with Gasteiger partial charge in [-0.1, -0.05) is 59.1 Å². The van der Waals surface area contributed by atoms with Crippen molar-refractivity contribution >= 4 is 56.5 Å². The average Bonchev–Trinajstić information content (AvgIpc) is 2.36. The normalized spacial score (nSPS) is 12.2. The molecule has 0 radical (unpaired) electrons. The van der Waals surface area contributed by atoms with E-state index in [1.54, 1.807) is 6.07 Å². The number of hydrogen-bond donors (Lipinski definition) is 0. The van der Waals surface area contributed by atoms with Gasteiger partial charge in [-0.15, -0.1) is 0 Å². The number of pyridine rings is 1. The van der Waals surface area contributed by atoms with Crippen molar-refractivity contribution in [1.82, 2.24) is 4.98 Å². The van der Waals surface area contributed by atoms with Gasteiger partial charge in [0.25, 0.3) is 0 Å². The first kappa shape index (κ1) is 12.9. The first-order valence-corrected chi connectivity index (χ1v) is 6.65. The van der Waals surface area contributed by atoms with Crippen LogP contribution in [0.15, 0.2) is 42.5 Å². The minimum atomic E-state index is -1.70. The summed E-state index contributed by atoms with van der Waals surface area (Å²) in [5.74, 6) is -0.389. The number of hydrogen-bond acceptors (Lipinski definition) is 1. The van der Waals surface area contributed by atoms with E-state index in [0.717, 1.165) is 10.8 Å². The fraction of sp³-hybridized carbons (Fsp3) is 0.0714. The van der Waals surface area contributed by atoms with Gasteiger partial charge in [-0.05, 0) is 23.6 Å². The molecule has 19 heavy (non-hydrogen) atoms. The first-order chi connectivity index (χ1) is 8.97. The van der Waals surface area contributed by atoms with E-state index in [1.807, 2.05) is 24.3 Å². The number of benzene rings is 2. The molecule has 1 aromatic heterocycles. The summed E-state index contributed by atoms with van der Waals surface area (Å²) < 4.78 is 11.7. The molecule has 1 nitrogen and oxygen atoms in total. The fourth-order valence-electron chi connectivity index (χ4n) is 2.14. The Balaban J connectivity index is 2.55. The van der Waals surface area contributed by atoms with Crippen LogP contribution < -0.4 is 0 Å². The third-order valence-electron chi connectivity index (χ3n) is 2.93. The Labute approximate surface area is 123 Å². The van der Waals surface area contributed by atoms with Crippen molar-refractivity contribution in [2.45, 2.75) is 3.79 Å². The fourth-order valence-corrected chi connectivity index (χ4v) is 2.58. The van der Waals surface area contributed by atoms with Gasteiger partial charge in [-0.2, -0.15) is 0 Å². The van der Waals surface area contributed by atoms with Crippen molar-refractivity contribution < 1.29 is 4.39 Å². The van der Waals surface area contributed by atoms with Gasteiger partial charge in [0, 0.05) is 10.8 Å². The van der Waals surface area contributed by atoms with E-state index in [9.17, 15) is 4.39 Å². The number of para-hydroxylation sites is 1. The molecule has 0 aliphatic carbocycles. The van der Waals surface area contributed by atoms with Crippen molar-refractivity contribution in [3.05, 3.63) is 54.0 Å². The molecule has 0 fully saturated rings. The van der Waals surface area contributed by atoms with Gasteiger partial charge in [-0.3, -0.25) is 0 Å². The molecule has 3 aromatic rings. The Morgan fingerprint density at radius 1 is 0.895 bits per heavy atom. The van der Waals surface area contributed by atoms with E-state index in [0.29, 0.717) is 10.9 Å². The van der Waals surface area contributed by atoms with E-state index in [-0.39, 0.29) is 11.5 Å². The molecule has 0 unspecified atom stereocenters. The lowest BCUT2D eigenvalue weighted by Gasteiger charge is -2.15. The average molecular weight is 315 g/mol. The van der Waals surface area contributed by atoms with Crippen molar-refractivity contribution in [3.8, 4) is 0 Å². The molecule has 0 spiro atoms. The second-order valence-electron chi connectivity index (χ2n) is 4.17. The summed E-state index contributed by atoms with van der Waals surface area (Å²) in [4.78, 5) is 4.35. The molecular weight excluding hydrogens is 308 g/mol. The molecule has 1 heterocycles. The summed E-state index contributed by atoms with van der Waals surface area (Å²) in [5.41, 5.74) is 0.952. The van der Waals surface area contributed by atoms with Gasteiger partial charge in [0.2, 0.25) is 3.79 Å². The van der Waals surface area contributed by atoms with Crippen molar-refractivity contribution in [2.75, 3.05) is 0 Å². The van der Waals surface area contributed by atoms with Gasteiger partial charge < -0.3 is 0 Å². The quantitative estimate of drug-likeness (QED) is 0.402. The number of fused-ring (bicyclic) bond motifs is 3.